The molecule has 0 N–H and O–H groups in total. The Balaban J connectivity index is 1.63. The van der Waals surface area contributed by atoms with Gasteiger partial charge in [-0.1, -0.05) is 139 Å². The van der Waals surface area contributed by atoms with Crippen LogP contribution in [0.2, 0.25) is 0 Å². The molecule has 14 atom stereocenters. The van der Waals surface area contributed by atoms with Gasteiger partial charge in [0.2, 0.25) is 0 Å². The van der Waals surface area contributed by atoms with Crippen LogP contribution in [0.4, 0.5) is 0 Å². The van der Waals surface area contributed by atoms with E-state index in [-0.39, 0.29) is 0 Å². The summed E-state index contributed by atoms with van der Waals surface area (Å²) in [5.41, 5.74) is 0. The number of allylic oxidation sites excluding steroid dienone is 5. The molecule has 0 aromatic rings. The lowest BCUT2D eigenvalue weighted by molar-refractivity contribution is 0.255. The highest BCUT2D eigenvalue weighted by Gasteiger charge is 2.35. The van der Waals surface area contributed by atoms with Crippen molar-refractivity contribution in [3.8, 4) is 0 Å². The Labute approximate surface area is 303 Å². The molecule has 0 amide bonds. The number of hydrogen-bond donors (Lipinski definition) is 0. The molecular weight excluding hydrogens is 577 g/mol. The van der Waals surface area contributed by atoms with Gasteiger partial charge in [-0.25, -0.2) is 0 Å². The second-order valence-electron chi connectivity index (χ2n) is 19.6. The van der Waals surface area contributed by atoms with Crippen molar-refractivity contribution < 1.29 is 0 Å². The van der Waals surface area contributed by atoms with Crippen LogP contribution in [0.5, 0.6) is 0 Å². The predicted octanol–water partition coefficient (Wildman–Crippen LogP) is 15.1. The van der Waals surface area contributed by atoms with Crippen LogP contribution in [-0.2, 0) is 0 Å². The summed E-state index contributed by atoms with van der Waals surface area (Å²) in [4.78, 5) is 0. The first-order valence-corrected chi connectivity index (χ1v) is 21.7. The van der Waals surface area contributed by atoms with Gasteiger partial charge in [0, 0.05) is 0 Å². The van der Waals surface area contributed by atoms with Gasteiger partial charge in [-0.15, -0.1) is 6.58 Å². The van der Waals surface area contributed by atoms with E-state index in [0.717, 1.165) is 94.7 Å². The van der Waals surface area contributed by atoms with Crippen molar-refractivity contribution in [1.82, 2.24) is 0 Å². The zero-order chi connectivity index (χ0) is 35.5. The van der Waals surface area contributed by atoms with Crippen molar-refractivity contribution in [1.29, 1.82) is 0 Å². The predicted molar refractivity (Wildman–Crippen MR) is 216 cm³/mol. The minimum absolute atomic E-state index is 0.713. The van der Waals surface area contributed by atoms with Gasteiger partial charge < -0.3 is 0 Å². The molecule has 0 nitrogen and oxygen atoms in total. The third kappa shape index (κ3) is 12.5. The fourth-order valence-corrected chi connectivity index (χ4v) is 10.4. The van der Waals surface area contributed by atoms with Crippen molar-refractivity contribution in [2.24, 2.45) is 101 Å². The summed E-state index contributed by atoms with van der Waals surface area (Å²) in [6.07, 6.45) is 31.6. The van der Waals surface area contributed by atoms with E-state index in [9.17, 15) is 0 Å². The molecule has 0 spiro atoms. The van der Waals surface area contributed by atoms with E-state index < -0.39 is 0 Å². The highest BCUT2D eigenvalue weighted by atomic mass is 14.4. The highest BCUT2D eigenvalue weighted by Crippen LogP contribution is 2.46. The molecule has 0 heterocycles. The Hall–Kier alpha value is -0.780. The Morgan fingerprint density at radius 2 is 0.854 bits per heavy atom. The zero-order valence-corrected chi connectivity index (χ0v) is 34.6. The van der Waals surface area contributed by atoms with Gasteiger partial charge in [0.05, 0.1) is 0 Å². The highest BCUT2D eigenvalue weighted by molar-refractivity contribution is 5.08. The van der Waals surface area contributed by atoms with Gasteiger partial charge >= 0.3 is 0 Å². The molecule has 3 aliphatic rings. The summed E-state index contributed by atoms with van der Waals surface area (Å²) in [6, 6.07) is 0. The average Bonchev–Trinajstić information content (AvgIpc) is 3.79. The van der Waals surface area contributed by atoms with E-state index in [2.05, 4.69) is 120 Å². The van der Waals surface area contributed by atoms with E-state index in [1.807, 2.05) is 0 Å². The van der Waals surface area contributed by atoms with Crippen LogP contribution >= 0.6 is 0 Å². The fraction of sp³-hybridized carbons (Fsp3) is 0.875. The standard InChI is InChI=1S/C48H86/c1-14-43-28-41(29-46(43)24-19-36(9)39(12)33(4)5)22-27-48-31-42(30-47(48)25-20-37(10)40(13)34(6)7)21-26-45-17-15-16-44(45)23-18-35(8)38(11)32(2)3/h14,21-22,26-27,32-48H,1,15-20,23-25,28-31H2,2-13H3/b26-21-,27-22-. The van der Waals surface area contributed by atoms with Crippen molar-refractivity contribution in [3.63, 3.8) is 0 Å². The van der Waals surface area contributed by atoms with Gasteiger partial charge in [0.15, 0.2) is 0 Å². The van der Waals surface area contributed by atoms with Crippen LogP contribution < -0.4 is 0 Å². The summed E-state index contributed by atoms with van der Waals surface area (Å²) in [7, 11) is 0. The number of rotatable bonds is 20. The van der Waals surface area contributed by atoms with Crippen LogP contribution in [0.3, 0.4) is 0 Å². The Kier molecular flexibility index (Phi) is 17.6. The SMILES string of the molecule is C=CC1CC(/C=C\C2CC(/C=C\C3CCCC3CCC(C)C(C)C(C)C)CC2CCC(C)C(C)C(C)C)CC1CCC(C)C(C)C(C)C. The van der Waals surface area contributed by atoms with Gasteiger partial charge in [-0.3, -0.25) is 0 Å². The smallest absolute Gasteiger partial charge is 0.0199 e. The molecule has 3 saturated carbocycles. The summed E-state index contributed by atoms with van der Waals surface area (Å²) in [5.74, 6) is 13.9. The van der Waals surface area contributed by atoms with Gasteiger partial charge in [0.25, 0.3) is 0 Å². The molecule has 0 aromatic carbocycles. The van der Waals surface area contributed by atoms with Crippen molar-refractivity contribution in [2.45, 2.75) is 167 Å². The molecular formula is C48H86. The summed E-state index contributed by atoms with van der Waals surface area (Å²) in [5, 5.41) is 0. The average molecular weight is 663 g/mol. The molecule has 3 aliphatic carbocycles. The molecule has 278 valence electrons. The van der Waals surface area contributed by atoms with Gasteiger partial charge in [-0.2, -0.15) is 0 Å². The van der Waals surface area contributed by atoms with Crippen LogP contribution in [0.1, 0.15) is 167 Å². The normalized spacial score (nSPS) is 33.7. The molecule has 3 fully saturated rings. The topological polar surface area (TPSA) is 0 Å². The maximum Gasteiger partial charge on any atom is -0.0199 e. The quantitative estimate of drug-likeness (QED) is 0.114. The lowest BCUT2D eigenvalue weighted by atomic mass is 9.80. The summed E-state index contributed by atoms with van der Waals surface area (Å²) >= 11 is 0. The van der Waals surface area contributed by atoms with Crippen molar-refractivity contribution in [3.05, 3.63) is 37.0 Å². The first-order chi connectivity index (χ1) is 22.7. The second kappa shape index (κ2) is 20.3. The molecule has 0 radical (unpaired) electrons. The third-order valence-corrected chi connectivity index (χ3v) is 15.7. The maximum atomic E-state index is 4.31. The van der Waals surface area contributed by atoms with Crippen LogP contribution in [-0.4, -0.2) is 0 Å². The lowest BCUT2D eigenvalue weighted by Gasteiger charge is -2.26. The summed E-state index contributed by atoms with van der Waals surface area (Å²) < 4.78 is 0. The van der Waals surface area contributed by atoms with Crippen molar-refractivity contribution in [2.75, 3.05) is 0 Å². The first kappa shape index (κ1) is 41.6. The molecule has 14 unspecified atom stereocenters. The van der Waals surface area contributed by atoms with Crippen LogP contribution in [0.25, 0.3) is 0 Å². The first-order valence-electron chi connectivity index (χ1n) is 21.7. The van der Waals surface area contributed by atoms with Crippen LogP contribution in [0, 0.1) is 101 Å². The zero-order valence-electron chi connectivity index (χ0n) is 34.6. The van der Waals surface area contributed by atoms with Gasteiger partial charge in [0.1, 0.15) is 0 Å². The van der Waals surface area contributed by atoms with Crippen molar-refractivity contribution >= 4 is 0 Å². The molecule has 0 aliphatic heterocycles. The van der Waals surface area contributed by atoms with E-state index in [0.29, 0.717) is 5.92 Å². The lowest BCUT2D eigenvalue weighted by Crippen LogP contribution is -2.16. The van der Waals surface area contributed by atoms with Gasteiger partial charge in [-0.05, 0) is 158 Å². The molecule has 0 heteroatoms. The number of hydrogen-bond acceptors (Lipinski definition) is 0. The maximum absolute atomic E-state index is 4.31. The monoisotopic (exact) mass is 663 g/mol. The second-order valence-corrected chi connectivity index (χ2v) is 19.6. The molecule has 48 heavy (non-hydrogen) atoms. The molecule has 3 rings (SSSR count). The fourth-order valence-electron chi connectivity index (χ4n) is 10.4. The molecule has 0 bridgehead atoms. The molecule has 0 aromatic heterocycles. The van der Waals surface area contributed by atoms with Crippen LogP contribution in [0.15, 0.2) is 37.0 Å². The Bertz CT molecular complexity index is 949. The third-order valence-electron chi connectivity index (χ3n) is 15.7. The van der Waals surface area contributed by atoms with E-state index in [4.69, 9.17) is 0 Å². The molecule has 0 saturated heterocycles. The summed E-state index contributed by atoms with van der Waals surface area (Å²) in [6.45, 7) is 33.7. The van der Waals surface area contributed by atoms with E-state index in [1.54, 1.807) is 0 Å². The van der Waals surface area contributed by atoms with E-state index >= 15 is 0 Å². The minimum atomic E-state index is 0.713. The largest absolute Gasteiger partial charge is 0.103 e. The minimum Gasteiger partial charge on any atom is -0.103 e. The Morgan fingerprint density at radius 3 is 1.29 bits per heavy atom. The van der Waals surface area contributed by atoms with E-state index in [1.165, 1.54) is 83.5 Å². The Morgan fingerprint density at radius 1 is 0.458 bits per heavy atom.